The summed E-state index contributed by atoms with van der Waals surface area (Å²) in [6.45, 7) is 2.54. The Morgan fingerprint density at radius 2 is 2.26 bits per heavy atom. The largest absolute Gasteiger partial charge is 0.391 e. The van der Waals surface area contributed by atoms with E-state index in [1.165, 1.54) is 13.2 Å². The fraction of sp³-hybridized carbons (Fsp3) is 0.500. The summed E-state index contributed by atoms with van der Waals surface area (Å²) < 4.78 is 5.46. The lowest BCUT2D eigenvalue weighted by Gasteiger charge is -2.12. The van der Waals surface area contributed by atoms with Crippen LogP contribution in [0.25, 0.3) is 0 Å². The zero-order chi connectivity index (χ0) is 14.4. The topological polar surface area (TPSA) is 84.6 Å². The zero-order valence-corrected chi connectivity index (χ0v) is 12.4. The summed E-state index contributed by atoms with van der Waals surface area (Å²) in [6, 6.07) is 3.19. The number of nitrogens with one attached hydrogen (secondary N) is 1. The number of hydrogen-bond acceptors (Lipinski definition) is 5. The molecule has 19 heavy (non-hydrogen) atoms. The molecule has 0 radical (unpaired) electrons. The van der Waals surface area contributed by atoms with Crippen molar-refractivity contribution in [3.63, 3.8) is 0 Å². The van der Waals surface area contributed by atoms with Gasteiger partial charge in [0, 0.05) is 35.4 Å². The van der Waals surface area contributed by atoms with Crippen LogP contribution in [0.1, 0.15) is 12.0 Å². The molecule has 0 aliphatic carbocycles. The van der Waals surface area contributed by atoms with Gasteiger partial charge in [-0.25, -0.2) is 0 Å². The molecule has 0 saturated heterocycles. The van der Waals surface area contributed by atoms with Crippen LogP contribution in [-0.4, -0.2) is 36.4 Å². The Balaban J connectivity index is 2.65. The second kappa shape index (κ2) is 7.42. The van der Waals surface area contributed by atoms with E-state index in [4.69, 9.17) is 4.74 Å². The van der Waals surface area contributed by atoms with Crippen molar-refractivity contribution in [2.45, 2.75) is 19.4 Å². The molecule has 1 aromatic rings. The lowest BCUT2D eigenvalue weighted by atomic mass is 10.1. The highest BCUT2D eigenvalue weighted by Gasteiger charge is 2.14. The fourth-order valence-corrected chi connectivity index (χ4v) is 2.12. The molecular weight excluding hydrogens is 316 g/mol. The molecule has 1 unspecified atom stereocenters. The van der Waals surface area contributed by atoms with Crippen LogP contribution in [-0.2, 0) is 4.74 Å². The Bertz CT molecular complexity index is 454. The predicted octanol–water partition coefficient (Wildman–Crippen LogP) is 2.48. The van der Waals surface area contributed by atoms with Crippen LogP contribution in [0.15, 0.2) is 16.6 Å². The number of methoxy groups -OCH3 is 1. The Kier molecular flexibility index (Phi) is 6.20. The van der Waals surface area contributed by atoms with E-state index in [-0.39, 0.29) is 5.69 Å². The monoisotopic (exact) mass is 332 g/mol. The number of rotatable bonds is 7. The molecule has 0 bridgehead atoms. The van der Waals surface area contributed by atoms with Gasteiger partial charge in [-0.3, -0.25) is 10.1 Å². The number of anilines is 1. The van der Waals surface area contributed by atoms with E-state index in [2.05, 4.69) is 21.2 Å². The van der Waals surface area contributed by atoms with Crippen LogP contribution in [0.5, 0.6) is 0 Å². The summed E-state index contributed by atoms with van der Waals surface area (Å²) in [4.78, 5) is 10.4. The van der Waals surface area contributed by atoms with Crippen molar-refractivity contribution in [2.75, 3.05) is 25.6 Å². The molecule has 0 amide bonds. The molecule has 0 saturated carbocycles. The van der Waals surface area contributed by atoms with Crippen molar-refractivity contribution in [1.29, 1.82) is 0 Å². The maximum Gasteiger partial charge on any atom is 0.273 e. The third-order valence-corrected chi connectivity index (χ3v) is 3.29. The quantitative estimate of drug-likeness (QED) is 0.591. The van der Waals surface area contributed by atoms with E-state index >= 15 is 0 Å². The van der Waals surface area contributed by atoms with E-state index < -0.39 is 11.0 Å². The number of nitro groups is 1. The molecule has 106 valence electrons. The normalized spacial score (nSPS) is 12.2. The third kappa shape index (κ3) is 4.77. The molecule has 1 atom stereocenters. The van der Waals surface area contributed by atoms with Gasteiger partial charge in [0.05, 0.1) is 17.6 Å². The highest BCUT2D eigenvalue weighted by molar-refractivity contribution is 9.10. The van der Waals surface area contributed by atoms with Crippen molar-refractivity contribution in [2.24, 2.45) is 0 Å². The molecule has 0 aromatic heterocycles. The van der Waals surface area contributed by atoms with Gasteiger partial charge >= 0.3 is 0 Å². The van der Waals surface area contributed by atoms with Gasteiger partial charge in [0.15, 0.2) is 0 Å². The van der Waals surface area contributed by atoms with Gasteiger partial charge in [-0.2, -0.15) is 0 Å². The van der Waals surface area contributed by atoms with Crippen LogP contribution >= 0.6 is 15.9 Å². The van der Waals surface area contributed by atoms with Gasteiger partial charge in [0.2, 0.25) is 0 Å². The number of nitro benzene ring substituents is 1. The standard InChI is InChI=1S/C12H17BrN2O4/c1-8-5-11(10(13)6-12(8)15(17)18)14-4-3-9(16)7-19-2/h5-6,9,14,16H,3-4,7H2,1-2H3. The first kappa shape index (κ1) is 15.9. The molecule has 0 spiro atoms. The highest BCUT2D eigenvalue weighted by Crippen LogP contribution is 2.30. The third-order valence-electron chi connectivity index (χ3n) is 2.63. The van der Waals surface area contributed by atoms with Crippen LogP contribution in [0.4, 0.5) is 11.4 Å². The van der Waals surface area contributed by atoms with Gasteiger partial charge in [-0.15, -0.1) is 0 Å². The van der Waals surface area contributed by atoms with Gasteiger partial charge < -0.3 is 15.2 Å². The van der Waals surface area contributed by atoms with Gasteiger partial charge in [-0.1, -0.05) is 0 Å². The van der Waals surface area contributed by atoms with Crippen molar-refractivity contribution < 1.29 is 14.8 Å². The number of aryl methyl sites for hydroxylation is 1. The molecule has 0 aliphatic rings. The molecule has 0 heterocycles. The number of hydrogen-bond donors (Lipinski definition) is 2. The SMILES string of the molecule is COCC(O)CCNc1cc(C)c([N+](=O)[O-])cc1Br. The molecule has 2 N–H and O–H groups in total. The minimum Gasteiger partial charge on any atom is -0.391 e. The summed E-state index contributed by atoms with van der Waals surface area (Å²) >= 11 is 3.29. The molecule has 0 fully saturated rings. The Hall–Kier alpha value is -1.18. The van der Waals surface area contributed by atoms with Gasteiger partial charge in [-0.05, 0) is 35.3 Å². The highest BCUT2D eigenvalue weighted by atomic mass is 79.9. The smallest absolute Gasteiger partial charge is 0.273 e. The summed E-state index contributed by atoms with van der Waals surface area (Å²) in [7, 11) is 1.53. The molecule has 6 nitrogen and oxygen atoms in total. The van der Waals surface area contributed by atoms with Crippen molar-refractivity contribution in [3.05, 3.63) is 32.3 Å². The number of aliphatic hydroxyl groups is 1. The number of ether oxygens (including phenoxy) is 1. The second-order valence-corrected chi connectivity index (χ2v) is 5.05. The average molecular weight is 333 g/mol. The lowest BCUT2D eigenvalue weighted by Crippen LogP contribution is -2.18. The van der Waals surface area contributed by atoms with Crippen LogP contribution in [0, 0.1) is 17.0 Å². The van der Waals surface area contributed by atoms with Crippen molar-refractivity contribution in [3.8, 4) is 0 Å². The summed E-state index contributed by atoms with van der Waals surface area (Å²) in [5, 5.41) is 23.4. The fourth-order valence-electron chi connectivity index (χ4n) is 1.65. The molecule has 1 rings (SSSR count). The number of benzene rings is 1. The van der Waals surface area contributed by atoms with Gasteiger partial charge in [0.25, 0.3) is 5.69 Å². The number of aliphatic hydroxyl groups excluding tert-OH is 1. The Morgan fingerprint density at radius 3 is 2.84 bits per heavy atom. The van der Waals surface area contributed by atoms with Crippen LogP contribution in [0.3, 0.4) is 0 Å². The molecule has 1 aromatic carbocycles. The average Bonchev–Trinajstić information content (AvgIpc) is 2.33. The van der Waals surface area contributed by atoms with Crippen molar-refractivity contribution in [1.82, 2.24) is 0 Å². The minimum atomic E-state index is -0.518. The van der Waals surface area contributed by atoms with E-state index in [1.807, 2.05) is 0 Å². The van der Waals surface area contributed by atoms with E-state index in [0.717, 1.165) is 5.69 Å². The maximum atomic E-state index is 10.8. The lowest BCUT2D eigenvalue weighted by molar-refractivity contribution is -0.385. The van der Waals surface area contributed by atoms with Crippen LogP contribution < -0.4 is 5.32 Å². The van der Waals surface area contributed by atoms with E-state index in [0.29, 0.717) is 29.6 Å². The zero-order valence-electron chi connectivity index (χ0n) is 10.9. The Labute approximate surface area is 120 Å². The first-order valence-corrected chi connectivity index (χ1v) is 6.60. The molecular formula is C12H17BrN2O4. The number of halogens is 1. The number of nitrogens with zero attached hydrogens (tertiary/aromatic N) is 1. The molecule has 0 aliphatic heterocycles. The van der Waals surface area contributed by atoms with E-state index in [9.17, 15) is 15.2 Å². The summed E-state index contributed by atoms with van der Waals surface area (Å²) in [5.41, 5.74) is 1.44. The van der Waals surface area contributed by atoms with Crippen molar-refractivity contribution >= 4 is 27.3 Å². The van der Waals surface area contributed by atoms with Crippen LogP contribution in [0.2, 0.25) is 0 Å². The predicted molar refractivity (Wildman–Crippen MR) is 76.5 cm³/mol. The molecule has 7 heteroatoms. The van der Waals surface area contributed by atoms with E-state index in [1.54, 1.807) is 13.0 Å². The second-order valence-electron chi connectivity index (χ2n) is 4.20. The first-order valence-electron chi connectivity index (χ1n) is 5.81. The van der Waals surface area contributed by atoms with Gasteiger partial charge in [0.1, 0.15) is 0 Å². The summed E-state index contributed by atoms with van der Waals surface area (Å²) in [6.07, 6.45) is 0.0199. The maximum absolute atomic E-state index is 10.8. The first-order chi connectivity index (χ1) is 8.95. The minimum absolute atomic E-state index is 0.0804. The Morgan fingerprint density at radius 1 is 1.58 bits per heavy atom. The summed E-state index contributed by atoms with van der Waals surface area (Å²) in [5.74, 6) is 0.